The highest BCUT2D eigenvalue weighted by atomic mass is 16.6. The van der Waals surface area contributed by atoms with Crippen LogP contribution in [0, 0.1) is 0 Å². The molecule has 5 heteroatoms. The summed E-state index contributed by atoms with van der Waals surface area (Å²) in [6.45, 7) is 5.36. The van der Waals surface area contributed by atoms with Crippen LogP contribution in [-0.4, -0.2) is 17.5 Å². The number of rotatable bonds is 0. The van der Waals surface area contributed by atoms with E-state index in [0.29, 0.717) is 5.84 Å². The maximum absolute atomic E-state index is 11.3. The number of amidine groups is 1. The summed E-state index contributed by atoms with van der Waals surface area (Å²) in [6, 6.07) is 0. The number of nitrogens with zero attached hydrogens (tertiary/aromatic N) is 1. The van der Waals surface area contributed by atoms with Crippen molar-refractivity contribution in [2.75, 3.05) is 0 Å². The van der Waals surface area contributed by atoms with E-state index in [9.17, 15) is 4.79 Å². The highest BCUT2D eigenvalue weighted by Crippen LogP contribution is 2.06. The van der Waals surface area contributed by atoms with Gasteiger partial charge in [0.2, 0.25) is 0 Å². The molecule has 1 aliphatic rings. The molecule has 0 saturated carbocycles. The van der Waals surface area contributed by atoms with Gasteiger partial charge >= 0.3 is 6.09 Å². The molecule has 5 nitrogen and oxygen atoms in total. The number of hydrogen-bond acceptors (Lipinski definition) is 4. The van der Waals surface area contributed by atoms with Gasteiger partial charge in [-0.2, -0.15) is 0 Å². The minimum Gasteiger partial charge on any atom is -0.444 e. The zero-order valence-corrected chi connectivity index (χ0v) is 8.98. The smallest absolute Gasteiger partial charge is 0.413 e. The van der Waals surface area contributed by atoms with Crippen LogP contribution in [0.1, 0.15) is 20.8 Å². The van der Waals surface area contributed by atoms with E-state index in [2.05, 4.69) is 10.5 Å². The number of carbonyl (C=O) groups excluding carboxylic acids is 1. The average Bonchev–Trinajstić information content (AvgIpc) is 2.28. The molecule has 0 aromatic carbocycles. The molecular weight excluding hydrogens is 196 g/mol. The molecule has 15 heavy (non-hydrogen) atoms. The first-order valence-corrected chi connectivity index (χ1v) is 4.54. The van der Waals surface area contributed by atoms with Crippen LogP contribution in [0.2, 0.25) is 0 Å². The number of nitrogens with one attached hydrogen (secondary N) is 1. The molecule has 0 radical (unpaired) electrons. The van der Waals surface area contributed by atoms with Crippen molar-refractivity contribution in [3.8, 4) is 0 Å². The van der Waals surface area contributed by atoms with Crippen LogP contribution in [0.5, 0.6) is 0 Å². The minimum atomic E-state index is -0.559. The Morgan fingerprint density at radius 2 is 2.20 bits per heavy atom. The molecule has 0 fully saturated rings. The van der Waals surface area contributed by atoms with Crippen LogP contribution in [0.15, 0.2) is 29.6 Å². The lowest BCUT2D eigenvalue weighted by Gasteiger charge is -2.19. The van der Waals surface area contributed by atoms with Gasteiger partial charge in [-0.1, -0.05) is 11.2 Å². The molecule has 0 unspecified atom stereocenters. The van der Waals surface area contributed by atoms with Crippen molar-refractivity contribution in [1.29, 1.82) is 0 Å². The van der Waals surface area contributed by atoms with E-state index in [-0.39, 0.29) is 0 Å². The maximum atomic E-state index is 11.3. The standard InChI is InChI=1S/C10H14N2O3/c1-10(2,3)15-9(13)11-8-6-4-5-7-14-12-8/h4-7H,1-3H3,(H,11,12,13). The number of allylic oxidation sites excluding steroid dienone is 2. The van der Waals surface area contributed by atoms with E-state index in [1.165, 1.54) is 6.26 Å². The van der Waals surface area contributed by atoms with E-state index in [1.54, 1.807) is 39.0 Å². The monoisotopic (exact) mass is 210 g/mol. The first-order valence-electron chi connectivity index (χ1n) is 4.54. The molecule has 0 atom stereocenters. The summed E-state index contributed by atoms with van der Waals surface area (Å²) in [5.41, 5.74) is -0.530. The molecule has 1 rings (SSSR count). The lowest BCUT2D eigenvalue weighted by Crippen LogP contribution is -2.35. The third-order valence-electron chi connectivity index (χ3n) is 1.28. The number of amides is 1. The average molecular weight is 210 g/mol. The maximum Gasteiger partial charge on any atom is 0.413 e. The Hall–Kier alpha value is -1.78. The van der Waals surface area contributed by atoms with Crippen molar-refractivity contribution in [3.63, 3.8) is 0 Å². The van der Waals surface area contributed by atoms with E-state index in [0.717, 1.165) is 0 Å². The Kier molecular flexibility index (Phi) is 3.49. The van der Waals surface area contributed by atoms with E-state index in [1.807, 2.05) is 0 Å². The van der Waals surface area contributed by atoms with Gasteiger partial charge in [0.15, 0.2) is 5.84 Å². The lowest BCUT2D eigenvalue weighted by molar-refractivity contribution is 0.0561. The fourth-order valence-electron chi connectivity index (χ4n) is 0.818. The first-order chi connectivity index (χ1) is 6.97. The predicted octanol–water partition coefficient (Wildman–Crippen LogP) is 1.92. The van der Waals surface area contributed by atoms with Crippen molar-refractivity contribution in [1.82, 2.24) is 5.32 Å². The molecular formula is C10H14N2O3. The second-order valence-electron chi connectivity index (χ2n) is 3.90. The second-order valence-corrected chi connectivity index (χ2v) is 3.90. The first kappa shape index (κ1) is 11.3. The van der Waals surface area contributed by atoms with Gasteiger partial charge in [-0.25, -0.2) is 4.79 Å². The largest absolute Gasteiger partial charge is 0.444 e. The van der Waals surface area contributed by atoms with Gasteiger partial charge in [0.05, 0.1) is 0 Å². The Morgan fingerprint density at radius 1 is 1.47 bits per heavy atom. The molecule has 0 aromatic rings. The van der Waals surface area contributed by atoms with Gasteiger partial charge in [0.25, 0.3) is 0 Å². The van der Waals surface area contributed by atoms with Gasteiger partial charge in [-0.05, 0) is 32.9 Å². The zero-order chi connectivity index (χ0) is 11.3. The molecule has 0 bridgehead atoms. The SMILES string of the molecule is CC(C)(C)OC(=O)NC1=NOC=CC=C1. The Bertz CT molecular complexity index is 324. The van der Waals surface area contributed by atoms with Crippen molar-refractivity contribution in [2.24, 2.45) is 5.16 Å². The minimum absolute atomic E-state index is 0.300. The normalized spacial score (nSPS) is 15.0. The summed E-state index contributed by atoms with van der Waals surface area (Å²) in [6.07, 6.45) is 5.81. The van der Waals surface area contributed by atoms with Crippen molar-refractivity contribution >= 4 is 11.9 Å². The summed E-state index contributed by atoms with van der Waals surface area (Å²) in [7, 11) is 0. The van der Waals surface area contributed by atoms with Crippen LogP contribution in [0.25, 0.3) is 0 Å². The topological polar surface area (TPSA) is 59.9 Å². The van der Waals surface area contributed by atoms with Crippen molar-refractivity contribution in [3.05, 3.63) is 24.5 Å². The van der Waals surface area contributed by atoms with Crippen molar-refractivity contribution in [2.45, 2.75) is 26.4 Å². The fourth-order valence-corrected chi connectivity index (χ4v) is 0.818. The highest BCUT2D eigenvalue weighted by molar-refractivity contribution is 6.02. The third-order valence-corrected chi connectivity index (χ3v) is 1.28. The second kappa shape index (κ2) is 4.63. The van der Waals surface area contributed by atoms with Crippen LogP contribution in [-0.2, 0) is 9.57 Å². The fraction of sp³-hybridized carbons (Fsp3) is 0.400. The van der Waals surface area contributed by atoms with Crippen LogP contribution in [0.3, 0.4) is 0 Å². The van der Waals surface area contributed by atoms with Gasteiger partial charge in [-0.15, -0.1) is 0 Å². The van der Waals surface area contributed by atoms with Crippen molar-refractivity contribution < 1.29 is 14.4 Å². The predicted molar refractivity (Wildman–Crippen MR) is 56.2 cm³/mol. The highest BCUT2D eigenvalue weighted by Gasteiger charge is 2.16. The van der Waals surface area contributed by atoms with Gasteiger partial charge in [0, 0.05) is 0 Å². The number of ether oxygens (including phenoxy) is 1. The number of carbonyl (C=O) groups is 1. The molecule has 0 aromatic heterocycles. The molecule has 0 saturated heterocycles. The zero-order valence-electron chi connectivity index (χ0n) is 8.98. The number of alkyl carbamates (subject to hydrolysis) is 1. The van der Waals surface area contributed by atoms with Crippen LogP contribution in [0.4, 0.5) is 4.79 Å². The molecule has 0 spiro atoms. The Labute approximate surface area is 88.4 Å². The molecule has 82 valence electrons. The molecule has 1 heterocycles. The summed E-state index contributed by atoms with van der Waals surface area (Å²) >= 11 is 0. The summed E-state index contributed by atoms with van der Waals surface area (Å²) in [4.78, 5) is 16.0. The Morgan fingerprint density at radius 3 is 2.87 bits per heavy atom. The van der Waals surface area contributed by atoms with E-state index in [4.69, 9.17) is 9.57 Å². The molecule has 1 aliphatic heterocycles. The summed E-state index contributed by atoms with van der Waals surface area (Å²) in [5, 5.41) is 6.08. The lowest BCUT2D eigenvalue weighted by atomic mass is 10.2. The summed E-state index contributed by atoms with van der Waals surface area (Å²) in [5.74, 6) is 0.300. The van der Waals surface area contributed by atoms with Gasteiger partial charge < -0.3 is 9.57 Å². The van der Waals surface area contributed by atoms with E-state index >= 15 is 0 Å². The van der Waals surface area contributed by atoms with Gasteiger partial charge in [-0.3, -0.25) is 5.32 Å². The molecule has 0 aliphatic carbocycles. The number of oxime groups is 1. The Balaban J connectivity index is 2.48. The summed E-state index contributed by atoms with van der Waals surface area (Å²) < 4.78 is 5.04. The third kappa shape index (κ3) is 4.85. The molecule has 1 N–H and O–H groups in total. The quantitative estimate of drug-likeness (QED) is 0.664. The van der Waals surface area contributed by atoms with Crippen LogP contribution >= 0.6 is 0 Å². The van der Waals surface area contributed by atoms with Gasteiger partial charge in [0.1, 0.15) is 11.9 Å². The van der Waals surface area contributed by atoms with Crippen LogP contribution < -0.4 is 5.32 Å². The molecule has 1 amide bonds. The van der Waals surface area contributed by atoms with E-state index < -0.39 is 11.7 Å². The number of hydrogen-bond donors (Lipinski definition) is 1.